The molecule has 0 saturated heterocycles. The van der Waals surface area contributed by atoms with Crippen molar-refractivity contribution in [1.29, 1.82) is 0 Å². The molecule has 0 bridgehead atoms. The van der Waals surface area contributed by atoms with Gasteiger partial charge >= 0.3 is 0 Å². The van der Waals surface area contributed by atoms with E-state index in [2.05, 4.69) is 20.9 Å². The number of amides is 1. The van der Waals surface area contributed by atoms with E-state index in [9.17, 15) is 14.7 Å². The number of fused-ring (bicyclic) bond motifs is 1. The number of thiazole rings is 1. The van der Waals surface area contributed by atoms with Gasteiger partial charge < -0.3 is 14.3 Å². The molecule has 1 aliphatic rings. The second-order valence-electron chi connectivity index (χ2n) is 7.69. The third-order valence-electron chi connectivity index (χ3n) is 5.47. The van der Waals surface area contributed by atoms with E-state index in [-0.39, 0.29) is 11.3 Å². The van der Waals surface area contributed by atoms with Crippen LogP contribution < -0.4 is 9.64 Å². The third kappa shape index (κ3) is 3.80. The van der Waals surface area contributed by atoms with E-state index in [1.807, 2.05) is 37.3 Å². The SMILES string of the molecule is CCOc1ccc2nc(N3C(=O)C(O)=C(C(=O)c4ccc(C)o4)[C@@H]3c3ccc(Br)cc3)sc2c1. The Bertz CT molecular complexity index is 1450. The van der Waals surface area contributed by atoms with Gasteiger partial charge in [-0.25, -0.2) is 4.98 Å². The molecule has 7 nitrogen and oxygen atoms in total. The number of rotatable bonds is 6. The van der Waals surface area contributed by atoms with Gasteiger partial charge in [-0.05, 0) is 61.9 Å². The first-order chi connectivity index (χ1) is 16.4. The molecule has 1 N–H and O–H groups in total. The number of carbonyl (C=O) groups excluding carboxylic acids is 2. The first-order valence-corrected chi connectivity index (χ1v) is 12.1. The average Bonchev–Trinajstić information content (AvgIpc) is 3.50. The minimum Gasteiger partial charge on any atom is -0.503 e. The molecule has 4 aromatic rings. The van der Waals surface area contributed by atoms with Crippen LogP contribution in [0.1, 0.15) is 34.8 Å². The summed E-state index contributed by atoms with van der Waals surface area (Å²) >= 11 is 4.71. The van der Waals surface area contributed by atoms with Crippen molar-refractivity contribution < 1.29 is 23.8 Å². The van der Waals surface area contributed by atoms with Gasteiger partial charge in [0.25, 0.3) is 5.91 Å². The van der Waals surface area contributed by atoms with Gasteiger partial charge in [0.1, 0.15) is 11.5 Å². The lowest BCUT2D eigenvalue weighted by atomic mass is 9.95. The van der Waals surface area contributed by atoms with Crippen molar-refractivity contribution in [3.63, 3.8) is 0 Å². The molecule has 0 radical (unpaired) electrons. The zero-order valence-electron chi connectivity index (χ0n) is 18.2. The molecule has 0 unspecified atom stereocenters. The smallest absolute Gasteiger partial charge is 0.296 e. The molecular weight excluding hydrogens is 520 g/mol. The van der Waals surface area contributed by atoms with Gasteiger partial charge in [-0.2, -0.15) is 0 Å². The van der Waals surface area contributed by atoms with Gasteiger partial charge in [0, 0.05) is 4.47 Å². The highest BCUT2D eigenvalue weighted by atomic mass is 79.9. The number of aryl methyl sites for hydroxylation is 1. The van der Waals surface area contributed by atoms with Gasteiger partial charge in [0.15, 0.2) is 16.7 Å². The van der Waals surface area contributed by atoms with Crippen LogP contribution in [0, 0.1) is 6.92 Å². The Balaban J connectivity index is 1.64. The van der Waals surface area contributed by atoms with E-state index in [1.54, 1.807) is 25.1 Å². The van der Waals surface area contributed by atoms with E-state index >= 15 is 0 Å². The van der Waals surface area contributed by atoms with Crippen LogP contribution in [0.25, 0.3) is 10.2 Å². The van der Waals surface area contributed by atoms with Crippen LogP contribution in [0.15, 0.2) is 74.8 Å². The predicted octanol–water partition coefficient (Wildman–Crippen LogP) is 6.14. The molecule has 2 aromatic heterocycles. The van der Waals surface area contributed by atoms with E-state index < -0.39 is 23.5 Å². The van der Waals surface area contributed by atoms with Crippen molar-refractivity contribution in [1.82, 2.24) is 4.98 Å². The van der Waals surface area contributed by atoms with Crippen LogP contribution in [0.2, 0.25) is 0 Å². The first-order valence-electron chi connectivity index (χ1n) is 10.5. The summed E-state index contributed by atoms with van der Waals surface area (Å²) in [7, 11) is 0. The minimum atomic E-state index is -0.870. The molecule has 1 amide bonds. The van der Waals surface area contributed by atoms with Crippen LogP contribution in [-0.4, -0.2) is 28.4 Å². The molecule has 2 aromatic carbocycles. The summed E-state index contributed by atoms with van der Waals surface area (Å²) in [6.45, 7) is 4.16. The Morgan fingerprint density at radius 3 is 2.65 bits per heavy atom. The molecule has 0 saturated carbocycles. The zero-order valence-corrected chi connectivity index (χ0v) is 20.6. The fourth-order valence-corrected chi connectivity index (χ4v) is 5.22. The van der Waals surface area contributed by atoms with Crippen molar-refractivity contribution in [3.05, 3.63) is 87.5 Å². The number of benzene rings is 2. The van der Waals surface area contributed by atoms with Gasteiger partial charge in [0.05, 0.1) is 28.4 Å². The van der Waals surface area contributed by atoms with E-state index in [0.717, 1.165) is 9.17 Å². The van der Waals surface area contributed by atoms with Gasteiger partial charge in [-0.1, -0.05) is 39.4 Å². The number of ether oxygens (including phenoxy) is 1. The standard InChI is InChI=1S/C25H19BrN2O5S/c1-3-32-16-9-10-17-19(12-16)34-25(27-17)28-21(14-5-7-15(26)8-6-14)20(23(30)24(28)31)22(29)18-11-4-13(2)33-18/h4-12,21,30H,3H2,1-2H3/t21-/m0/s1. The molecule has 0 aliphatic carbocycles. The van der Waals surface area contributed by atoms with Crippen LogP contribution in [0.3, 0.4) is 0 Å². The lowest BCUT2D eigenvalue weighted by Gasteiger charge is -2.24. The molecule has 1 aliphatic heterocycles. The highest BCUT2D eigenvalue weighted by molar-refractivity contribution is 9.10. The largest absolute Gasteiger partial charge is 0.503 e. The monoisotopic (exact) mass is 538 g/mol. The highest BCUT2D eigenvalue weighted by Crippen LogP contribution is 2.44. The second kappa shape index (κ2) is 8.73. The van der Waals surface area contributed by atoms with Crippen LogP contribution >= 0.6 is 27.3 Å². The summed E-state index contributed by atoms with van der Waals surface area (Å²) in [5.74, 6) is -0.533. The Hall–Kier alpha value is -3.43. The van der Waals surface area contributed by atoms with Crippen LogP contribution in [-0.2, 0) is 4.79 Å². The van der Waals surface area contributed by atoms with Gasteiger partial charge in [-0.15, -0.1) is 0 Å². The first kappa shape index (κ1) is 22.4. The van der Waals surface area contributed by atoms with Crippen molar-refractivity contribution in [2.24, 2.45) is 0 Å². The molecule has 172 valence electrons. The third-order valence-corrected chi connectivity index (χ3v) is 7.01. The maximum absolute atomic E-state index is 13.4. The maximum Gasteiger partial charge on any atom is 0.296 e. The Kier molecular flexibility index (Phi) is 5.75. The van der Waals surface area contributed by atoms with Crippen molar-refractivity contribution in [2.75, 3.05) is 11.5 Å². The number of halogens is 1. The number of ketones is 1. The Morgan fingerprint density at radius 2 is 1.97 bits per heavy atom. The molecule has 9 heteroatoms. The summed E-state index contributed by atoms with van der Waals surface area (Å²) in [5, 5.41) is 11.2. The second-order valence-corrected chi connectivity index (χ2v) is 9.61. The topological polar surface area (TPSA) is 92.9 Å². The van der Waals surface area contributed by atoms with Crippen molar-refractivity contribution in [3.8, 4) is 5.75 Å². The maximum atomic E-state index is 13.4. The van der Waals surface area contributed by atoms with Crippen LogP contribution in [0.4, 0.5) is 5.13 Å². The zero-order chi connectivity index (χ0) is 24.0. The number of Topliss-reactive ketones (excluding diaryl/α,β-unsaturated/α-hetero) is 1. The van der Waals surface area contributed by atoms with E-state index in [1.165, 1.54) is 22.3 Å². The van der Waals surface area contributed by atoms with E-state index in [4.69, 9.17) is 9.15 Å². The average molecular weight is 539 g/mol. The summed E-state index contributed by atoms with van der Waals surface area (Å²) < 4.78 is 12.8. The minimum absolute atomic E-state index is 0.0454. The highest BCUT2D eigenvalue weighted by Gasteiger charge is 2.46. The number of anilines is 1. The summed E-state index contributed by atoms with van der Waals surface area (Å²) in [4.78, 5) is 32.7. The lowest BCUT2D eigenvalue weighted by Crippen LogP contribution is -2.30. The Labute approximate surface area is 207 Å². The number of hydrogen-bond acceptors (Lipinski definition) is 7. The molecule has 3 heterocycles. The van der Waals surface area contributed by atoms with Gasteiger partial charge in [0.2, 0.25) is 5.78 Å². The summed E-state index contributed by atoms with van der Waals surface area (Å²) in [5.41, 5.74) is 1.30. The molecule has 34 heavy (non-hydrogen) atoms. The quantitative estimate of drug-likeness (QED) is 0.296. The summed E-state index contributed by atoms with van der Waals surface area (Å²) in [6, 6.07) is 15.1. The van der Waals surface area contributed by atoms with Crippen LogP contribution in [0.5, 0.6) is 5.75 Å². The lowest BCUT2D eigenvalue weighted by molar-refractivity contribution is -0.117. The normalized spacial score (nSPS) is 16.0. The van der Waals surface area contributed by atoms with E-state index in [0.29, 0.717) is 34.3 Å². The molecule has 0 fully saturated rings. The Morgan fingerprint density at radius 1 is 1.21 bits per heavy atom. The fourth-order valence-electron chi connectivity index (χ4n) is 3.94. The molecule has 1 atom stereocenters. The summed E-state index contributed by atoms with van der Waals surface area (Å²) in [6.07, 6.45) is 0. The number of aromatic nitrogens is 1. The number of hydrogen-bond donors (Lipinski definition) is 1. The number of furan rings is 1. The number of aliphatic hydroxyl groups excluding tert-OH is 1. The molecule has 5 rings (SSSR count). The van der Waals surface area contributed by atoms with Crippen molar-refractivity contribution in [2.45, 2.75) is 19.9 Å². The fraction of sp³-hybridized carbons (Fsp3) is 0.160. The van der Waals surface area contributed by atoms with Crippen molar-refractivity contribution >= 4 is 54.3 Å². The number of carbonyl (C=O) groups is 2. The number of nitrogens with zero attached hydrogens (tertiary/aromatic N) is 2. The molecule has 0 spiro atoms. The number of aliphatic hydroxyl groups is 1. The van der Waals surface area contributed by atoms with Gasteiger partial charge in [-0.3, -0.25) is 14.5 Å². The predicted molar refractivity (Wildman–Crippen MR) is 133 cm³/mol. The molecular formula is C25H19BrN2O5S.